The van der Waals surface area contributed by atoms with Crippen molar-refractivity contribution in [2.45, 2.75) is 44.4 Å². The van der Waals surface area contributed by atoms with Crippen LogP contribution >= 0.6 is 15.9 Å². The van der Waals surface area contributed by atoms with Crippen LogP contribution in [-0.4, -0.2) is 29.2 Å². The van der Waals surface area contributed by atoms with E-state index >= 15 is 0 Å². The third-order valence-electron chi connectivity index (χ3n) is 3.61. The van der Waals surface area contributed by atoms with E-state index in [-0.39, 0.29) is 6.10 Å². The molecule has 2 nitrogen and oxygen atoms in total. The van der Waals surface area contributed by atoms with Crippen LogP contribution in [0.5, 0.6) is 0 Å². The number of benzene rings is 1. The predicted octanol–water partition coefficient (Wildman–Crippen LogP) is 3.18. The average molecular weight is 298 g/mol. The lowest BCUT2D eigenvalue weighted by Gasteiger charge is -2.35. The quantitative estimate of drug-likeness (QED) is 0.926. The smallest absolute Gasteiger partial charge is 0.0695 e. The second-order valence-electron chi connectivity index (χ2n) is 4.96. The van der Waals surface area contributed by atoms with Crippen LogP contribution in [0.2, 0.25) is 0 Å². The summed E-state index contributed by atoms with van der Waals surface area (Å²) < 4.78 is 1.11. The molecule has 1 saturated carbocycles. The number of rotatable bonds is 3. The lowest BCUT2D eigenvalue weighted by molar-refractivity contribution is 0.0288. The van der Waals surface area contributed by atoms with E-state index in [2.05, 4.69) is 52.1 Å². The maximum Gasteiger partial charge on any atom is 0.0695 e. The Balaban J connectivity index is 1.95. The Kier molecular flexibility index (Phi) is 4.60. The van der Waals surface area contributed by atoms with Crippen molar-refractivity contribution in [2.75, 3.05) is 7.05 Å². The molecule has 1 aromatic carbocycles. The van der Waals surface area contributed by atoms with Crippen molar-refractivity contribution in [3.8, 4) is 0 Å². The van der Waals surface area contributed by atoms with Crippen LogP contribution in [0.3, 0.4) is 0 Å². The average Bonchev–Trinajstić information content (AvgIpc) is 2.32. The van der Waals surface area contributed by atoms with Crippen molar-refractivity contribution >= 4 is 15.9 Å². The fraction of sp³-hybridized carbons (Fsp3) is 0.571. The minimum absolute atomic E-state index is 0.149. The Bertz CT molecular complexity index is 352. The normalized spacial score (nSPS) is 25.2. The zero-order chi connectivity index (χ0) is 12.3. The zero-order valence-electron chi connectivity index (χ0n) is 10.3. The minimum Gasteiger partial charge on any atom is -0.391 e. The fourth-order valence-electron chi connectivity index (χ4n) is 2.60. The Hall–Kier alpha value is -0.380. The standard InChI is InChI=1S/C14H20BrNO/c1-16(13-4-2-3-5-14(13)17)10-11-6-8-12(15)9-7-11/h6-9,13-14,17H,2-5,10H2,1H3. The molecule has 1 aliphatic rings. The summed E-state index contributed by atoms with van der Waals surface area (Å²) in [6.07, 6.45) is 4.34. The van der Waals surface area contributed by atoms with Gasteiger partial charge in [-0.05, 0) is 37.6 Å². The highest BCUT2D eigenvalue weighted by molar-refractivity contribution is 9.10. The molecule has 0 saturated heterocycles. The van der Waals surface area contributed by atoms with E-state index in [1.807, 2.05) is 0 Å². The first kappa shape index (κ1) is 13.1. The molecule has 3 heteroatoms. The van der Waals surface area contributed by atoms with Gasteiger partial charge in [0.15, 0.2) is 0 Å². The van der Waals surface area contributed by atoms with Crippen molar-refractivity contribution in [3.63, 3.8) is 0 Å². The van der Waals surface area contributed by atoms with Crippen molar-refractivity contribution in [1.82, 2.24) is 4.90 Å². The molecule has 1 aromatic rings. The molecule has 94 valence electrons. The minimum atomic E-state index is -0.149. The summed E-state index contributed by atoms with van der Waals surface area (Å²) >= 11 is 3.44. The molecule has 17 heavy (non-hydrogen) atoms. The summed E-state index contributed by atoms with van der Waals surface area (Å²) in [4.78, 5) is 2.28. The molecule has 0 aliphatic heterocycles. The third-order valence-corrected chi connectivity index (χ3v) is 4.13. The second kappa shape index (κ2) is 5.98. The van der Waals surface area contributed by atoms with Gasteiger partial charge in [0.25, 0.3) is 0 Å². The lowest BCUT2D eigenvalue weighted by Crippen LogP contribution is -2.42. The lowest BCUT2D eigenvalue weighted by atomic mass is 9.91. The van der Waals surface area contributed by atoms with E-state index in [1.165, 1.54) is 18.4 Å². The van der Waals surface area contributed by atoms with Gasteiger partial charge in [-0.3, -0.25) is 4.90 Å². The van der Waals surface area contributed by atoms with Crippen molar-refractivity contribution in [3.05, 3.63) is 34.3 Å². The molecule has 0 radical (unpaired) electrons. The van der Waals surface area contributed by atoms with Crippen LogP contribution in [0, 0.1) is 0 Å². The van der Waals surface area contributed by atoms with Gasteiger partial charge in [0.2, 0.25) is 0 Å². The van der Waals surface area contributed by atoms with E-state index in [4.69, 9.17) is 0 Å². The number of hydrogen-bond donors (Lipinski definition) is 1. The number of hydrogen-bond acceptors (Lipinski definition) is 2. The van der Waals surface area contributed by atoms with E-state index in [0.29, 0.717) is 6.04 Å². The highest BCUT2D eigenvalue weighted by Crippen LogP contribution is 2.23. The summed E-state index contributed by atoms with van der Waals surface area (Å²) in [6.45, 7) is 0.912. The summed E-state index contributed by atoms with van der Waals surface area (Å²) in [5.74, 6) is 0. The van der Waals surface area contributed by atoms with Gasteiger partial charge in [-0.2, -0.15) is 0 Å². The van der Waals surface area contributed by atoms with Crippen molar-refractivity contribution in [2.24, 2.45) is 0 Å². The first-order chi connectivity index (χ1) is 8.16. The van der Waals surface area contributed by atoms with Crippen LogP contribution in [-0.2, 0) is 6.54 Å². The van der Waals surface area contributed by atoms with Crippen LogP contribution in [0.4, 0.5) is 0 Å². The Morgan fingerprint density at radius 1 is 1.24 bits per heavy atom. The van der Waals surface area contributed by atoms with Crippen molar-refractivity contribution in [1.29, 1.82) is 0 Å². The Morgan fingerprint density at radius 2 is 1.88 bits per heavy atom. The first-order valence-corrected chi connectivity index (χ1v) is 7.09. The number of aliphatic hydroxyl groups is 1. The van der Waals surface area contributed by atoms with Gasteiger partial charge in [-0.25, -0.2) is 0 Å². The molecular weight excluding hydrogens is 278 g/mol. The van der Waals surface area contributed by atoms with Crippen LogP contribution in [0.15, 0.2) is 28.7 Å². The molecular formula is C14H20BrNO. The van der Waals surface area contributed by atoms with E-state index in [9.17, 15) is 5.11 Å². The van der Waals surface area contributed by atoms with Crippen LogP contribution in [0.1, 0.15) is 31.2 Å². The molecule has 1 fully saturated rings. The van der Waals surface area contributed by atoms with Gasteiger partial charge in [0.1, 0.15) is 0 Å². The molecule has 1 aliphatic carbocycles. The van der Waals surface area contributed by atoms with Crippen molar-refractivity contribution < 1.29 is 5.11 Å². The predicted molar refractivity (Wildman–Crippen MR) is 73.9 cm³/mol. The molecule has 2 unspecified atom stereocenters. The largest absolute Gasteiger partial charge is 0.391 e. The molecule has 0 heterocycles. The molecule has 1 N–H and O–H groups in total. The maximum atomic E-state index is 10.0. The highest BCUT2D eigenvalue weighted by atomic mass is 79.9. The van der Waals surface area contributed by atoms with Gasteiger partial charge in [-0.1, -0.05) is 40.9 Å². The first-order valence-electron chi connectivity index (χ1n) is 6.29. The second-order valence-corrected chi connectivity index (χ2v) is 5.88. The zero-order valence-corrected chi connectivity index (χ0v) is 11.9. The van der Waals surface area contributed by atoms with E-state index in [0.717, 1.165) is 23.9 Å². The fourth-order valence-corrected chi connectivity index (χ4v) is 2.87. The number of aliphatic hydroxyl groups excluding tert-OH is 1. The molecule has 2 atom stereocenters. The molecule has 0 amide bonds. The van der Waals surface area contributed by atoms with Crippen LogP contribution < -0.4 is 0 Å². The topological polar surface area (TPSA) is 23.5 Å². The SMILES string of the molecule is CN(Cc1ccc(Br)cc1)C1CCCCC1O. The highest BCUT2D eigenvalue weighted by Gasteiger charge is 2.26. The molecule has 2 rings (SSSR count). The number of nitrogens with zero attached hydrogens (tertiary/aromatic N) is 1. The molecule has 0 spiro atoms. The van der Waals surface area contributed by atoms with E-state index < -0.39 is 0 Å². The summed E-state index contributed by atoms with van der Waals surface area (Å²) in [5, 5.41) is 10.0. The maximum absolute atomic E-state index is 10.0. The van der Waals surface area contributed by atoms with Gasteiger partial charge in [-0.15, -0.1) is 0 Å². The summed E-state index contributed by atoms with van der Waals surface area (Å²) in [7, 11) is 2.11. The van der Waals surface area contributed by atoms with Gasteiger partial charge in [0.05, 0.1) is 6.10 Å². The number of halogens is 1. The van der Waals surface area contributed by atoms with Crippen LogP contribution in [0.25, 0.3) is 0 Å². The molecule has 0 aromatic heterocycles. The van der Waals surface area contributed by atoms with Gasteiger partial charge in [0, 0.05) is 17.1 Å². The summed E-state index contributed by atoms with van der Waals surface area (Å²) in [5.41, 5.74) is 1.30. The third kappa shape index (κ3) is 3.54. The summed E-state index contributed by atoms with van der Waals surface area (Å²) in [6, 6.07) is 8.74. The Morgan fingerprint density at radius 3 is 2.53 bits per heavy atom. The van der Waals surface area contributed by atoms with E-state index in [1.54, 1.807) is 0 Å². The molecule has 0 bridgehead atoms. The monoisotopic (exact) mass is 297 g/mol. The Labute approximate surface area is 112 Å². The van der Waals surface area contributed by atoms with Gasteiger partial charge >= 0.3 is 0 Å². The van der Waals surface area contributed by atoms with Gasteiger partial charge < -0.3 is 5.11 Å². The number of likely N-dealkylation sites (N-methyl/N-ethyl adjacent to an activating group) is 1.